The Hall–Kier alpha value is -1.58. The molecule has 0 aromatic carbocycles. The molecule has 62 valence electrons. The number of imide groups is 1. The second-order valence-corrected chi connectivity index (χ2v) is 2.78. The van der Waals surface area contributed by atoms with Gasteiger partial charge < -0.3 is 5.32 Å². The quantitative estimate of drug-likeness (QED) is 0.526. The summed E-state index contributed by atoms with van der Waals surface area (Å²) in [6, 6.07) is -0.586. The van der Waals surface area contributed by atoms with Crippen molar-refractivity contribution in [2.45, 2.75) is 6.04 Å². The van der Waals surface area contributed by atoms with E-state index in [1.165, 1.54) is 0 Å². The van der Waals surface area contributed by atoms with Gasteiger partial charge in [0.25, 0.3) is 0 Å². The van der Waals surface area contributed by atoms with Crippen molar-refractivity contribution in [2.24, 2.45) is 5.92 Å². The first-order valence-corrected chi connectivity index (χ1v) is 3.74. The molecule has 1 fully saturated rings. The van der Waals surface area contributed by atoms with Crippen LogP contribution in [0.2, 0.25) is 0 Å². The van der Waals surface area contributed by atoms with Crippen molar-refractivity contribution in [2.75, 3.05) is 0 Å². The molecule has 0 aromatic rings. The summed E-state index contributed by atoms with van der Waals surface area (Å²) >= 11 is 0. The van der Waals surface area contributed by atoms with Crippen molar-refractivity contribution in [3.8, 4) is 0 Å². The van der Waals surface area contributed by atoms with Crippen LogP contribution < -0.4 is 10.6 Å². The molecule has 12 heavy (non-hydrogen) atoms. The number of amides is 3. The Morgan fingerprint density at radius 2 is 1.92 bits per heavy atom. The number of hydrogen-bond acceptors (Lipinski definition) is 2. The number of carbonyl (C=O) groups excluding carboxylic acids is 2. The molecule has 3 amide bonds. The molecular formula is C8H8N2O2. The van der Waals surface area contributed by atoms with E-state index in [1.807, 2.05) is 6.08 Å². The van der Waals surface area contributed by atoms with Crippen LogP contribution in [0.3, 0.4) is 0 Å². The molecule has 0 aromatic heterocycles. The van der Waals surface area contributed by atoms with Crippen LogP contribution >= 0.6 is 0 Å². The number of hydrogen-bond donors (Lipinski definition) is 2. The van der Waals surface area contributed by atoms with Gasteiger partial charge in [-0.3, -0.25) is 10.1 Å². The Balaban J connectivity index is 2.25. The Bertz CT molecular complexity index is 293. The summed E-state index contributed by atoms with van der Waals surface area (Å²) in [6.07, 6.45) is 7.21. The number of rotatable bonds is 0. The van der Waals surface area contributed by atoms with Crippen LogP contribution in [-0.2, 0) is 4.79 Å². The zero-order chi connectivity index (χ0) is 8.55. The first-order chi connectivity index (χ1) is 5.77. The zero-order valence-electron chi connectivity index (χ0n) is 6.28. The highest BCUT2D eigenvalue weighted by molar-refractivity contribution is 5.99. The van der Waals surface area contributed by atoms with E-state index in [0.29, 0.717) is 0 Å². The number of allylic oxidation sites excluding steroid dienone is 2. The van der Waals surface area contributed by atoms with Gasteiger partial charge in [0.2, 0.25) is 5.91 Å². The fraction of sp³-hybridized carbons (Fsp3) is 0.250. The molecule has 1 aliphatic heterocycles. The molecule has 4 heteroatoms. The van der Waals surface area contributed by atoms with Crippen molar-refractivity contribution >= 4 is 11.9 Å². The van der Waals surface area contributed by atoms with E-state index >= 15 is 0 Å². The standard InChI is InChI=1S/C8H8N2O2/c11-7-5-3-1-2-4-6(5)9-8(12)10-7/h1-6H,(H2,9,10,11,12)/t5-,6-/m1/s1. The Kier molecular flexibility index (Phi) is 1.46. The minimum atomic E-state index is -0.416. The largest absolute Gasteiger partial charge is 0.330 e. The molecule has 1 aliphatic carbocycles. The highest BCUT2D eigenvalue weighted by atomic mass is 16.2. The number of fused-ring (bicyclic) bond motifs is 1. The van der Waals surface area contributed by atoms with E-state index < -0.39 is 6.03 Å². The molecule has 0 spiro atoms. The van der Waals surface area contributed by atoms with Crippen molar-refractivity contribution < 1.29 is 9.59 Å². The lowest BCUT2D eigenvalue weighted by Crippen LogP contribution is -2.57. The van der Waals surface area contributed by atoms with Gasteiger partial charge in [0.05, 0.1) is 12.0 Å². The lowest BCUT2D eigenvalue weighted by molar-refractivity contribution is -0.123. The lowest BCUT2D eigenvalue weighted by atomic mass is 9.93. The maximum absolute atomic E-state index is 11.2. The lowest BCUT2D eigenvalue weighted by Gasteiger charge is -2.28. The van der Waals surface area contributed by atoms with Gasteiger partial charge in [-0.2, -0.15) is 0 Å². The van der Waals surface area contributed by atoms with Gasteiger partial charge in [-0.15, -0.1) is 0 Å². The minimum absolute atomic E-state index is 0.170. The van der Waals surface area contributed by atoms with Crippen LogP contribution in [0.1, 0.15) is 0 Å². The van der Waals surface area contributed by atoms with Gasteiger partial charge in [-0.1, -0.05) is 24.3 Å². The van der Waals surface area contributed by atoms with Gasteiger partial charge in [-0.05, 0) is 0 Å². The maximum Gasteiger partial charge on any atom is 0.321 e. The summed E-state index contributed by atoms with van der Waals surface area (Å²) in [7, 11) is 0. The van der Waals surface area contributed by atoms with Crippen LogP contribution in [0.15, 0.2) is 24.3 Å². The topological polar surface area (TPSA) is 58.2 Å². The summed E-state index contributed by atoms with van der Waals surface area (Å²) in [5.74, 6) is -0.475. The monoisotopic (exact) mass is 164 g/mol. The van der Waals surface area contributed by atoms with Crippen molar-refractivity contribution in [3.05, 3.63) is 24.3 Å². The molecule has 0 saturated carbocycles. The average Bonchev–Trinajstić information content (AvgIpc) is 2.04. The van der Waals surface area contributed by atoms with E-state index in [4.69, 9.17) is 0 Å². The van der Waals surface area contributed by atoms with E-state index in [1.54, 1.807) is 18.2 Å². The second kappa shape index (κ2) is 2.48. The summed E-state index contributed by atoms with van der Waals surface area (Å²) < 4.78 is 0. The van der Waals surface area contributed by atoms with Crippen LogP contribution in [-0.4, -0.2) is 18.0 Å². The van der Waals surface area contributed by atoms with Gasteiger partial charge in [0.15, 0.2) is 0 Å². The third-order valence-electron chi connectivity index (χ3n) is 1.97. The SMILES string of the molecule is O=C1NC(=O)[C@@H]2C=CC=C[C@H]2N1. The molecule has 4 nitrogen and oxygen atoms in total. The minimum Gasteiger partial charge on any atom is -0.330 e. The summed E-state index contributed by atoms with van der Waals surface area (Å²) in [5.41, 5.74) is 0. The summed E-state index contributed by atoms with van der Waals surface area (Å²) in [5, 5.41) is 4.84. The Morgan fingerprint density at radius 3 is 2.75 bits per heavy atom. The number of carbonyl (C=O) groups is 2. The molecule has 0 radical (unpaired) electrons. The Labute approximate surface area is 69.3 Å². The van der Waals surface area contributed by atoms with Gasteiger partial charge in [0.1, 0.15) is 0 Å². The predicted octanol–water partition coefficient (Wildman–Crippen LogP) is -0.0634. The van der Waals surface area contributed by atoms with Crippen molar-refractivity contribution in [1.29, 1.82) is 0 Å². The average molecular weight is 164 g/mol. The molecular weight excluding hydrogens is 156 g/mol. The fourth-order valence-corrected chi connectivity index (χ4v) is 1.38. The van der Waals surface area contributed by atoms with Gasteiger partial charge in [-0.25, -0.2) is 4.79 Å². The van der Waals surface area contributed by atoms with E-state index in [9.17, 15) is 9.59 Å². The van der Waals surface area contributed by atoms with Crippen LogP contribution in [0.25, 0.3) is 0 Å². The smallest absolute Gasteiger partial charge is 0.321 e. The number of urea groups is 1. The molecule has 0 unspecified atom stereocenters. The third-order valence-corrected chi connectivity index (χ3v) is 1.97. The van der Waals surface area contributed by atoms with Crippen LogP contribution in [0.4, 0.5) is 4.79 Å². The normalized spacial score (nSPS) is 32.3. The molecule has 1 heterocycles. The third kappa shape index (κ3) is 1.01. The van der Waals surface area contributed by atoms with Gasteiger partial charge in [0, 0.05) is 0 Å². The van der Waals surface area contributed by atoms with Gasteiger partial charge >= 0.3 is 6.03 Å². The first kappa shape index (κ1) is 7.09. The summed E-state index contributed by atoms with van der Waals surface area (Å²) in [4.78, 5) is 22.0. The highest BCUT2D eigenvalue weighted by Crippen LogP contribution is 2.15. The highest BCUT2D eigenvalue weighted by Gasteiger charge is 2.32. The Morgan fingerprint density at radius 1 is 1.17 bits per heavy atom. The first-order valence-electron chi connectivity index (χ1n) is 3.74. The molecule has 2 N–H and O–H groups in total. The summed E-state index contributed by atoms with van der Waals surface area (Å²) in [6.45, 7) is 0. The molecule has 2 aliphatic rings. The number of nitrogens with one attached hydrogen (secondary N) is 2. The van der Waals surface area contributed by atoms with Crippen LogP contribution in [0, 0.1) is 5.92 Å². The van der Waals surface area contributed by atoms with Crippen molar-refractivity contribution in [1.82, 2.24) is 10.6 Å². The van der Waals surface area contributed by atoms with E-state index in [-0.39, 0.29) is 17.9 Å². The molecule has 2 atom stereocenters. The molecule has 0 bridgehead atoms. The van der Waals surface area contributed by atoms with Crippen molar-refractivity contribution in [3.63, 3.8) is 0 Å². The molecule has 2 rings (SSSR count). The molecule has 1 saturated heterocycles. The fourth-order valence-electron chi connectivity index (χ4n) is 1.38. The maximum atomic E-state index is 11.2. The van der Waals surface area contributed by atoms with E-state index in [2.05, 4.69) is 10.6 Å². The zero-order valence-corrected chi connectivity index (χ0v) is 6.28. The predicted molar refractivity (Wildman–Crippen MR) is 42.2 cm³/mol. The van der Waals surface area contributed by atoms with Crippen LogP contribution in [0.5, 0.6) is 0 Å². The van der Waals surface area contributed by atoms with E-state index in [0.717, 1.165) is 0 Å². The second-order valence-electron chi connectivity index (χ2n) is 2.78.